The SMILES string of the molecule is C[Si](C)(C)c1cc2ccccc2[cH-]1.C[Si](C)(C)c1cc2ccccc2[cH-]1.C[Si]C.[Cl][Zr+2][Cl]. The molecule has 170 valence electrons. The van der Waals surface area contributed by atoms with E-state index in [4.69, 9.17) is 17.0 Å². The molecule has 0 saturated carbocycles. The van der Waals surface area contributed by atoms with E-state index in [1.807, 2.05) is 0 Å². The van der Waals surface area contributed by atoms with Crippen LogP contribution < -0.4 is 10.4 Å². The molecule has 0 heterocycles. The van der Waals surface area contributed by atoms with E-state index < -0.39 is 37.0 Å². The number of hydrogen-bond donors (Lipinski definition) is 0. The zero-order valence-electron chi connectivity index (χ0n) is 20.7. The Hall–Kier alpha value is -0.226. The molecule has 6 heteroatoms. The maximum absolute atomic E-state index is 4.93. The average molecular weight is 595 g/mol. The average Bonchev–Trinajstić information content (AvgIpc) is 3.34. The summed E-state index contributed by atoms with van der Waals surface area (Å²) in [6.45, 7) is 18.6. The van der Waals surface area contributed by atoms with Gasteiger partial charge in [-0.1, -0.05) is 64.5 Å². The summed E-state index contributed by atoms with van der Waals surface area (Å²) in [7, 11) is 8.72. The van der Waals surface area contributed by atoms with Gasteiger partial charge in [-0.15, -0.1) is 69.7 Å². The minimum absolute atomic E-state index is 0.826. The van der Waals surface area contributed by atoms with Gasteiger partial charge in [0.25, 0.3) is 0 Å². The van der Waals surface area contributed by atoms with Crippen LogP contribution in [0.1, 0.15) is 0 Å². The van der Waals surface area contributed by atoms with Crippen molar-refractivity contribution in [3.05, 3.63) is 72.8 Å². The summed E-state index contributed by atoms with van der Waals surface area (Å²) in [5.74, 6) is 0. The van der Waals surface area contributed by atoms with Crippen molar-refractivity contribution in [2.24, 2.45) is 0 Å². The van der Waals surface area contributed by atoms with Crippen molar-refractivity contribution in [2.45, 2.75) is 52.4 Å². The molecule has 4 rings (SSSR count). The Kier molecular flexibility index (Phi) is 13.3. The van der Waals surface area contributed by atoms with E-state index in [0.717, 1.165) is 9.52 Å². The van der Waals surface area contributed by atoms with E-state index in [1.165, 1.54) is 21.5 Å². The standard InChI is InChI=1S/2C12H15Si.C2H6Si.2ClH.Zr/c2*1-13(2,3)12-8-10-6-4-5-7-11(10)9-12;1-3-2;;;/h2*4-9H,1-3H3;1-2H3;2*1H;/q2*-1;;;;+4/p-2. The Labute approximate surface area is 219 Å². The van der Waals surface area contributed by atoms with Crippen LogP contribution in [0.25, 0.3) is 21.5 Å². The number of benzene rings is 2. The predicted octanol–water partition coefficient (Wildman–Crippen LogP) is 8.37. The van der Waals surface area contributed by atoms with Gasteiger partial charge in [-0.05, 0) is 0 Å². The molecule has 0 atom stereocenters. The molecule has 4 aromatic carbocycles. The van der Waals surface area contributed by atoms with Gasteiger partial charge >= 0.3 is 37.9 Å². The first kappa shape index (κ1) is 29.8. The molecule has 4 aromatic rings. The summed E-state index contributed by atoms with van der Waals surface area (Å²) in [5.41, 5.74) is 0. The molecular formula is C26H36Cl2Si3Zr. The van der Waals surface area contributed by atoms with Crippen molar-refractivity contribution in [1.29, 1.82) is 0 Å². The molecule has 0 saturated heterocycles. The van der Waals surface area contributed by atoms with Crippen molar-refractivity contribution in [3.63, 3.8) is 0 Å². The third kappa shape index (κ3) is 9.95. The molecule has 0 aromatic heterocycles. The van der Waals surface area contributed by atoms with Crippen LogP contribution in [-0.4, -0.2) is 25.7 Å². The second-order valence-electron chi connectivity index (χ2n) is 9.82. The van der Waals surface area contributed by atoms with Crippen LogP contribution in [0.5, 0.6) is 0 Å². The molecular weight excluding hydrogens is 559 g/mol. The summed E-state index contributed by atoms with van der Waals surface area (Å²) in [4.78, 5) is 0. The molecule has 0 fully saturated rings. The molecule has 0 spiro atoms. The van der Waals surface area contributed by atoms with Crippen molar-refractivity contribution < 1.29 is 20.8 Å². The van der Waals surface area contributed by atoms with E-state index >= 15 is 0 Å². The second-order valence-corrected chi connectivity index (χ2v) is 24.7. The quantitative estimate of drug-likeness (QED) is 0.162. The van der Waals surface area contributed by atoms with Crippen molar-refractivity contribution in [2.75, 3.05) is 0 Å². The molecule has 0 bridgehead atoms. The normalized spacial score (nSPS) is 10.8. The molecule has 0 N–H and O–H groups in total. The molecule has 0 amide bonds. The Balaban J connectivity index is 0.000000258. The molecule has 32 heavy (non-hydrogen) atoms. The fourth-order valence-electron chi connectivity index (χ4n) is 3.17. The predicted molar refractivity (Wildman–Crippen MR) is 154 cm³/mol. The van der Waals surface area contributed by atoms with E-state index in [-0.39, 0.29) is 0 Å². The molecule has 0 aliphatic carbocycles. The van der Waals surface area contributed by atoms with Gasteiger partial charge in [0.05, 0.1) is 16.1 Å². The third-order valence-electron chi connectivity index (χ3n) is 4.97. The number of halogens is 2. The monoisotopic (exact) mass is 592 g/mol. The van der Waals surface area contributed by atoms with Crippen LogP contribution in [0.4, 0.5) is 0 Å². The van der Waals surface area contributed by atoms with Gasteiger partial charge in [0, 0.05) is 9.52 Å². The topological polar surface area (TPSA) is 0 Å². The van der Waals surface area contributed by atoms with Gasteiger partial charge in [0.15, 0.2) is 0 Å². The first-order chi connectivity index (χ1) is 15.0. The van der Waals surface area contributed by atoms with Gasteiger partial charge < -0.3 is 0 Å². The van der Waals surface area contributed by atoms with Crippen LogP contribution in [0.2, 0.25) is 52.4 Å². The van der Waals surface area contributed by atoms with E-state index in [9.17, 15) is 0 Å². The van der Waals surface area contributed by atoms with Crippen LogP contribution >= 0.6 is 17.0 Å². The number of hydrogen-bond acceptors (Lipinski definition) is 0. The second kappa shape index (κ2) is 14.2. The van der Waals surface area contributed by atoms with Gasteiger partial charge in [-0.2, -0.15) is 22.9 Å². The fraction of sp³-hybridized carbons (Fsp3) is 0.308. The fourth-order valence-corrected chi connectivity index (χ4v) is 5.52. The van der Waals surface area contributed by atoms with Gasteiger partial charge in [0.2, 0.25) is 0 Å². The van der Waals surface area contributed by atoms with Gasteiger partial charge in [-0.25, -0.2) is 0 Å². The molecule has 0 aliphatic heterocycles. The van der Waals surface area contributed by atoms with Gasteiger partial charge in [0.1, 0.15) is 0 Å². The van der Waals surface area contributed by atoms with Crippen molar-refractivity contribution in [3.8, 4) is 0 Å². The summed E-state index contributed by atoms with van der Waals surface area (Å²) < 4.78 is 0. The van der Waals surface area contributed by atoms with E-state index in [1.54, 1.807) is 10.4 Å². The maximum atomic E-state index is 4.93. The van der Waals surface area contributed by atoms with Crippen LogP contribution in [0.3, 0.4) is 0 Å². The Morgan fingerprint density at radius 3 is 1.19 bits per heavy atom. The Bertz CT molecular complexity index is 904. The summed E-state index contributed by atoms with van der Waals surface area (Å²) in [5, 5.41) is 8.68. The van der Waals surface area contributed by atoms with Crippen LogP contribution in [0.15, 0.2) is 72.8 Å². The first-order valence-corrected chi connectivity index (χ1v) is 26.2. The summed E-state index contributed by atoms with van der Waals surface area (Å²) >= 11 is -0.826. The van der Waals surface area contributed by atoms with E-state index in [0.29, 0.717) is 0 Å². The molecule has 0 aliphatic rings. The number of rotatable bonds is 2. The van der Waals surface area contributed by atoms with E-state index in [2.05, 4.69) is 125 Å². The zero-order chi connectivity index (χ0) is 24.4. The first-order valence-electron chi connectivity index (χ1n) is 10.8. The number of fused-ring (bicyclic) bond motifs is 2. The Morgan fingerprint density at radius 1 is 0.656 bits per heavy atom. The minimum atomic E-state index is -1.12. The zero-order valence-corrected chi connectivity index (χ0v) is 27.7. The van der Waals surface area contributed by atoms with Crippen LogP contribution in [0, 0.1) is 0 Å². The Morgan fingerprint density at radius 2 is 0.938 bits per heavy atom. The van der Waals surface area contributed by atoms with Crippen molar-refractivity contribution in [1.82, 2.24) is 0 Å². The molecule has 0 nitrogen and oxygen atoms in total. The molecule has 2 radical (unpaired) electrons. The molecule has 0 unspecified atom stereocenters. The van der Waals surface area contributed by atoms with Crippen molar-refractivity contribution >= 4 is 74.6 Å². The third-order valence-corrected chi connectivity index (χ3v) is 9.01. The summed E-state index contributed by atoms with van der Waals surface area (Å²) in [6.07, 6.45) is 0. The van der Waals surface area contributed by atoms with Gasteiger partial charge in [-0.3, -0.25) is 0 Å². The van der Waals surface area contributed by atoms with Crippen LogP contribution in [-0.2, 0) is 20.8 Å². The summed E-state index contributed by atoms with van der Waals surface area (Å²) in [6, 6.07) is 26.6.